The van der Waals surface area contributed by atoms with Gasteiger partial charge in [0, 0.05) is 45.9 Å². The Bertz CT molecular complexity index is 2510. The van der Waals surface area contributed by atoms with Crippen LogP contribution in [0.25, 0.3) is 21.8 Å². The number of halogens is 4. The van der Waals surface area contributed by atoms with Crippen LogP contribution < -0.4 is 10.6 Å². The largest absolute Gasteiger partial charge is 0.506 e. The van der Waals surface area contributed by atoms with Crippen molar-refractivity contribution in [3.63, 3.8) is 0 Å². The molecule has 0 saturated heterocycles. The fraction of sp³-hybridized carbons (Fsp3) is 0.273. The summed E-state index contributed by atoms with van der Waals surface area (Å²) in [5.41, 5.74) is 3.96. The summed E-state index contributed by atoms with van der Waals surface area (Å²) in [4.78, 5) is 51.1. The lowest BCUT2D eigenvalue weighted by molar-refractivity contribution is -0.121. The van der Waals surface area contributed by atoms with Crippen molar-refractivity contribution >= 4 is 68.6 Å². The fourth-order valence-electron chi connectivity index (χ4n) is 6.61. The predicted octanol–water partition coefficient (Wildman–Crippen LogP) is 9.19. The molecule has 4 aromatic carbocycles. The molecule has 2 heterocycles. The van der Waals surface area contributed by atoms with Gasteiger partial charge < -0.3 is 20.8 Å². The number of hydrogen-bond acceptors (Lipinski definition) is 6. The zero-order valence-corrected chi connectivity index (χ0v) is 34.2. The minimum absolute atomic E-state index is 0.0276. The molecular formula is C44H44Cl2F2N4O6. The number of aromatic nitrogens is 2. The number of rotatable bonds is 11. The van der Waals surface area contributed by atoms with Crippen LogP contribution in [0.5, 0.6) is 11.5 Å². The highest BCUT2D eigenvalue weighted by Crippen LogP contribution is 2.36. The summed E-state index contributed by atoms with van der Waals surface area (Å²) in [6.07, 6.45) is 2.77. The van der Waals surface area contributed by atoms with Gasteiger partial charge in [-0.3, -0.25) is 28.3 Å². The summed E-state index contributed by atoms with van der Waals surface area (Å²) in [7, 11) is 0. The van der Waals surface area contributed by atoms with E-state index in [-0.39, 0.29) is 64.1 Å². The van der Waals surface area contributed by atoms with Crippen molar-refractivity contribution in [2.45, 2.75) is 72.8 Å². The minimum Gasteiger partial charge on any atom is -0.506 e. The molecule has 10 nitrogen and oxygen atoms in total. The third-order valence-corrected chi connectivity index (χ3v) is 10.5. The van der Waals surface area contributed by atoms with Crippen molar-refractivity contribution in [1.29, 1.82) is 0 Å². The van der Waals surface area contributed by atoms with Gasteiger partial charge >= 0.3 is 0 Å². The topological polar surface area (TPSA) is 143 Å². The first-order valence-corrected chi connectivity index (χ1v) is 19.5. The number of phenolic OH excluding ortho intramolecular Hbond substituents is 2. The van der Waals surface area contributed by atoms with Gasteiger partial charge in [-0.25, -0.2) is 8.78 Å². The van der Waals surface area contributed by atoms with E-state index in [9.17, 15) is 38.2 Å². The molecular weight excluding hydrogens is 789 g/mol. The van der Waals surface area contributed by atoms with E-state index in [0.29, 0.717) is 62.0 Å². The van der Waals surface area contributed by atoms with Gasteiger partial charge in [-0.15, -0.1) is 0 Å². The molecule has 1 unspecified atom stereocenters. The molecule has 0 aliphatic rings. The Morgan fingerprint density at radius 1 is 0.690 bits per heavy atom. The molecule has 0 aliphatic carbocycles. The number of benzene rings is 4. The van der Waals surface area contributed by atoms with E-state index < -0.39 is 11.6 Å². The molecule has 4 N–H and O–H groups in total. The van der Waals surface area contributed by atoms with Crippen molar-refractivity contribution in [2.75, 3.05) is 6.54 Å². The third-order valence-electron chi connectivity index (χ3n) is 9.94. The Morgan fingerprint density at radius 3 is 1.50 bits per heavy atom. The van der Waals surface area contributed by atoms with E-state index in [1.54, 1.807) is 13.8 Å². The van der Waals surface area contributed by atoms with Crippen molar-refractivity contribution < 1.29 is 38.2 Å². The molecule has 1 atom stereocenters. The van der Waals surface area contributed by atoms with Crippen LogP contribution in [0.1, 0.15) is 83.3 Å². The fourth-order valence-corrected chi connectivity index (χ4v) is 6.92. The van der Waals surface area contributed by atoms with E-state index in [2.05, 4.69) is 10.6 Å². The lowest BCUT2D eigenvalue weighted by Gasteiger charge is -2.11. The van der Waals surface area contributed by atoms with Gasteiger partial charge in [0.2, 0.25) is 11.8 Å². The molecule has 2 aromatic heterocycles. The first-order valence-electron chi connectivity index (χ1n) is 18.8. The number of nitrogens with one attached hydrogen (secondary N) is 2. The maximum Gasteiger partial charge on any atom is 0.262 e. The Labute approximate surface area is 344 Å². The highest BCUT2D eigenvalue weighted by molar-refractivity contribution is 6.33. The molecule has 14 heteroatoms. The van der Waals surface area contributed by atoms with Crippen LogP contribution in [0.3, 0.4) is 0 Å². The van der Waals surface area contributed by atoms with Gasteiger partial charge in [0.05, 0.1) is 33.9 Å². The highest BCUT2D eigenvalue weighted by Gasteiger charge is 2.25. The second-order valence-corrected chi connectivity index (χ2v) is 14.8. The normalized spacial score (nSPS) is 11.6. The summed E-state index contributed by atoms with van der Waals surface area (Å²) in [5, 5.41) is 27.3. The molecule has 2 amide bonds. The Balaban J connectivity index is 0.000000221. The quantitative estimate of drug-likeness (QED) is 0.0960. The summed E-state index contributed by atoms with van der Waals surface area (Å²) < 4.78 is 29.4. The summed E-state index contributed by atoms with van der Waals surface area (Å²) in [5.74, 6) is -2.21. The maximum atomic E-state index is 13.3. The second-order valence-electron chi connectivity index (χ2n) is 14.0. The van der Waals surface area contributed by atoms with Crippen LogP contribution in [0.4, 0.5) is 8.78 Å². The highest BCUT2D eigenvalue weighted by atomic mass is 35.5. The molecule has 304 valence electrons. The van der Waals surface area contributed by atoms with Gasteiger partial charge in [-0.05, 0) is 118 Å². The van der Waals surface area contributed by atoms with E-state index in [1.165, 1.54) is 81.9 Å². The number of carbonyl (C=O) groups is 4. The monoisotopic (exact) mass is 832 g/mol. The summed E-state index contributed by atoms with van der Waals surface area (Å²) >= 11 is 12.2. The Kier molecular flexibility index (Phi) is 14.0. The molecule has 0 bridgehead atoms. The number of aromatic hydroxyl groups is 2. The van der Waals surface area contributed by atoms with Gasteiger partial charge in [0.15, 0.2) is 0 Å². The average Bonchev–Trinajstić information content (AvgIpc) is 3.59. The number of nitrogens with zero attached hydrogens (tertiary/aromatic N) is 2. The Morgan fingerprint density at radius 2 is 1.10 bits per heavy atom. The van der Waals surface area contributed by atoms with E-state index >= 15 is 0 Å². The number of unbranched alkanes of at least 4 members (excludes halogenated alkanes) is 1. The zero-order valence-electron chi connectivity index (χ0n) is 32.7. The van der Waals surface area contributed by atoms with Crippen LogP contribution in [0.15, 0.2) is 72.8 Å². The van der Waals surface area contributed by atoms with Crippen LogP contribution >= 0.6 is 23.2 Å². The minimum atomic E-state index is -0.439. The van der Waals surface area contributed by atoms with Crippen molar-refractivity contribution in [3.8, 4) is 11.5 Å². The summed E-state index contributed by atoms with van der Waals surface area (Å²) in [6, 6.07) is 16.4. The molecule has 0 aliphatic heterocycles. The molecule has 6 rings (SSSR count). The summed E-state index contributed by atoms with van der Waals surface area (Å²) in [6.45, 7) is 9.98. The lowest BCUT2D eigenvalue weighted by atomic mass is 10.1. The van der Waals surface area contributed by atoms with Crippen LogP contribution in [-0.4, -0.2) is 55.6 Å². The third kappa shape index (κ3) is 9.52. The first kappa shape index (κ1) is 43.4. The van der Waals surface area contributed by atoms with E-state index in [0.717, 1.165) is 19.3 Å². The lowest BCUT2D eigenvalue weighted by Crippen LogP contribution is -2.33. The molecule has 6 aromatic rings. The van der Waals surface area contributed by atoms with Gasteiger partial charge in [0.25, 0.3) is 11.8 Å². The number of phenols is 2. The van der Waals surface area contributed by atoms with Crippen LogP contribution in [-0.2, 0) is 22.4 Å². The van der Waals surface area contributed by atoms with Gasteiger partial charge in [-0.2, -0.15) is 0 Å². The average molecular weight is 834 g/mol. The van der Waals surface area contributed by atoms with Crippen molar-refractivity contribution in [1.82, 2.24) is 19.8 Å². The second kappa shape index (κ2) is 18.7. The SMILES string of the molecule is CCC(C)NC(=O)Cc1c(C)n(C(=O)c2ccc(F)cc2)c2cc(Cl)c(O)cc12.CCCCNC(=O)Cc1c(C)n(C(=O)c2ccc(F)cc2)c2cc(Cl)c(O)cc12. The van der Waals surface area contributed by atoms with E-state index in [1.807, 2.05) is 20.8 Å². The molecule has 0 fully saturated rings. The number of hydrogen-bond donors (Lipinski definition) is 4. The standard InChI is InChI=1S/2C22H22ClFN2O3/c1-4-12(2)25-21(28)10-16-13(3)26(19-11-18(23)20(27)9-17(16)19)22(29)14-5-7-15(24)8-6-14;1-3-4-9-25-21(28)11-16-13(2)26(19-12-18(23)20(27)10-17(16)19)22(29)14-5-7-15(24)8-6-14/h5-9,11-12,27H,4,10H2,1-3H3,(H,25,28);5-8,10,12,27H,3-4,9,11H2,1-2H3,(H,25,28). The molecule has 0 saturated carbocycles. The van der Waals surface area contributed by atoms with Gasteiger partial charge in [0.1, 0.15) is 23.1 Å². The van der Waals surface area contributed by atoms with Crippen LogP contribution in [0.2, 0.25) is 10.0 Å². The van der Waals surface area contributed by atoms with Crippen molar-refractivity contribution in [3.05, 3.63) is 128 Å². The molecule has 0 radical (unpaired) electrons. The zero-order chi connectivity index (χ0) is 42.4. The number of carbonyl (C=O) groups excluding carboxylic acids is 4. The predicted molar refractivity (Wildman–Crippen MR) is 222 cm³/mol. The number of amides is 2. The smallest absolute Gasteiger partial charge is 0.262 e. The van der Waals surface area contributed by atoms with Gasteiger partial charge in [-0.1, -0.05) is 43.5 Å². The van der Waals surface area contributed by atoms with Crippen molar-refractivity contribution in [2.24, 2.45) is 0 Å². The molecule has 58 heavy (non-hydrogen) atoms. The van der Waals surface area contributed by atoms with Crippen LogP contribution in [0, 0.1) is 25.5 Å². The first-order chi connectivity index (χ1) is 27.6. The Hall–Kier alpha value is -5.72. The number of fused-ring (bicyclic) bond motifs is 2. The van der Waals surface area contributed by atoms with E-state index in [4.69, 9.17) is 23.2 Å². The maximum absolute atomic E-state index is 13.3. The molecule has 0 spiro atoms.